The average molecular weight is 397 g/mol. The van der Waals surface area contributed by atoms with Crippen molar-refractivity contribution in [2.75, 3.05) is 13.7 Å². The van der Waals surface area contributed by atoms with Crippen molar-refractivity contribution in [3.8, 4) is 0 Å². The second-order valence-electron chi connectivity index (χ2n) is 6.57. The summed E-state index contributed by atoms with van der Waals surface area (Å²) in [4.78, 5) is 44.4. The minimum absolute atomic E-state index is 0.0176. The Morgan fingerprint density at radius 2 is 1.86 bits per heavy atom. The number of fused-ring (bicyclic) bond motifs is 1. The van der Waals surface area contributed by atoms with Crippen LogP contribution in [0.2, 0.25) is 0 Å². The maximum absolute atomic E-state index is 12.9. The van der Waals surface area contributed by atoms with Gasteiger partial charge in [-0.3, -0.25) is 14.4 Å². The number of para-hydroxylation sites is 1. The number of carbonyl (C=O) groups excluding carboxylic acids is 2. The summed E-state index contributed by atoms with van der Waals surface area (Å²) in [5, 5.41) is 0.480. The van der Waals surface area contributed by atoms with Crippen LogP contribution in [0.1, 0.15) is 17.8 Å². The number of aryl methyl sites for hydroxylation is 1. The van der Waals surface area contributed by atoms with Gasteiger partial charge in [-0.05, 0) is 29.8 Å². The molecule has 0 unspecified atom stereocenters. The van der Waals surface area contributed by atoms with Crippen LogP contribution in [0, 0.1) is 5.82 Å². The first-order valence-corrected chi connectivity index (χ1v) is 9.04. The highest BCUT2D eigenvalue weighted by atomic mass is 19.1. The topological polar surface area (TPSA) is 92.4 Å². The maximum atomic E-state index is 12.9. The van der Waals surface area contributed by atoms with E-state index in [1.54, 1.807) is 43.4 Å². The molecule has 1 amide bonds. The highest BCUT2D eigenvalue weighted by Gasteiger charge is 2.13. The van der Waals surface area contributed by atoms with Crippen LogP contribution in [0.5, 0.6) is 0 Å². The summed E-state index contributed by atoms with van der Waals surface area (Å²) in [6, 6.07) is 12.7. The Balaban J connectivity index is 1.47. The van der Waals surface area contributed by atoms with Crippen LogP contribution in [-0.2, 0) is 27.3 Å². The van der Waals surface area contributed by atoms with Gasteiger partial charge >= 0.3 is 5.97 Å². The van der Waals surface area contributed by atoms with E-state index in [9.17, 15) is 18.8 Å². The van der Waals surface area contributed by atoms with Gasteiger partial charge in [0.05, 0.1) is 17.3 Å². The molecule has 8 heteroatoms. The van der Waals surface area contributed by atoms with Crippen molar-refractivity contribution >= 4 is 22.8 Å². The molecule has 2 aromatic carbocycles. The number of hydrogen-bond acceptors (Lipinski definition) is 5. The largest absolute Gasteiger partial charge is 0.456 e. The number of hydrogen-bond donors (Lipinski definition) is 1. The minimum atomic E-state index is -0.565. The molecule has 1 N–H and O–H groups in total. The lowest BCUT2D eigenvalue weighted by atomic mass is 10.2. The standard InChI is InChI=1S/C21H20FN3O4/c1-25(12-14-6-8-15(22)9-7-14)19(26)13-29-20(27)11-10-18-23-17-5-3-2-4-16(17)21(28)24-18/h2-9H,10-13H2,1H3,(H,23,24,28). The fourth-order valence-electron chi connectivity index (χ4n) is 2.75. The number of esters is 1. The van der Waals surface area contributed by atoms with Crippen LogP contribution in [0.4, 0.5) is 4.39 Å². The summed E-state index contributed by atoms with van der Waals surface area (Å²) in [6.07, 6.45) is 0.175. The van der Waals surface area contributed by atoms with Gasteiger partial charge in [0, 0.05) is 20.0 Å². The molecule has 0 aliphatic carbocycles. The smallest absolute Gasteiger partial charge is 0.306 e. The SMILES string of the molecule is CN(Cc1ccc(F)cc1)C(=O)COC(=O)CCc1nc2ccccc2c(=O)[nH]1. The summed E-state index contributed by atoms with van der Waals surface area (Å²) in [6.45, 7) is -0.114. The second-order valence-corrected chi connectivity index (χ2v) is 6.57. The number of rotatable bonds is 7. The molecule has 29 heavy (non-hydrogen) atoms. The number of nitrogens with zero attached hydrogens (tertiary/aromatic N) is 2. The molecule has 3 aromatic rings. The highest BCUT2D eigenvalue weighted by molar-refractivity contribution is 5.80. The van der Waals surface area contributed by atoms with E-state index in [4.69, 9.17) is 4.74 Å². The van der Waals surface area contributed by atoms with Gasteiger partial charge in [0.25, 0.3) is 11.5 Å². The van der Waals surface area contributed by atoms with Crippen molar-refractivity contribution in [2.45, 2.75) is 19.4 Å². The van der Waals surface area contributed by atoms with Crippen molar-refractivity contribution in [1.29, 1.82) is 0 Å². The Morgan fingerprint density at radius 1 is 1.14 bits per heavy atom. The number of benzene rings is 2. The number of likely N-dealkylation sites (N-methyl/N-ethyl adjacent to an activating group) is 1. The number of aromatic amines is 1. The summed E-state index contributed by atoms with van der Waals surface area (Å²) < 4.78 is 17.9. The second kappa shape index (κ2) is 9.09. The van der Waals surface area contributed by atoms with Gasteiger partial charge < -0.3 is 14.6 Å². The van der Waals surface area contributed by atoms with Crippen molar-refractivity contribution in [2.24, 2.45) is 0 Å². The molecule has 0 saturated carbocycles. The first kappa shape index (κ1) is 20.2. The number of H-pyrrole nitrogens is 1. The molecule has 0 saturated heterocycles. The number of aromatic nitrogens is 2. The zero-order valence-corrected chi connectivity index (χ0v) is 15.9. The Morgan fingerprint density at radius 3 is 2.62 bits per heavy atom. The molecule has 1 heterocycles. The Kier molecular flexibility index (Phi) is 6.33. The molecule has 3 rings (SSSR count). The van der Waals surface area contributed by atoms with E-state index >= 15 is 0 Å². The first-order valence-electron chi connectivity index (χ1n) is 9.04. The molecule has 0 bridgehead atoms. The summed E-state index contributed by atoms with van der Waals surface area (Å²) in [5.41, 5.74) is 1.05. The number of nitrogens with one attached hydrogen (secondary N) is 1. The van der Waals surface area contributed by atoms with E-state index in [0.717, 1.165) is 5.56 Å². The third-order valence-corrected chi connectivity index (χ3v) is 4.34. The molecular weight excluding hydrogens is 377 g/mol. The van der Waals surface area contributed by atoms with E-state index < -0.39 is 12.6 Å². The Labute approximate surface area is 166 Å². The van der Waals surface area contributed by atoms with Gasteiger partial charge in [0.2, 0.25) is 0 Å². The monoisotopic (exact) mass is 397 g/mol. The lowest BCUT2D eigenvalue weighted by Crippen LogP contribution is -2.30. The number of halogens is 1. The predicted molar refractivity (Wildman–Crippen MR) is 105 cm³/mol. The summed E-state index contributed by atoms with van der Waals surface area (Å²) in [5.74, 6) is -0.909. The molecule has 0 aliphatic rings. The number of amides is 1. The van der Waals surface area contributed by atoms with Gasteiger partial charge in [0.15, 0.2) is 6.61 Å². The maximum Gasteiger partial charge on any atom is 0.306 e. The van der Waals surface area contributed by atoms with E-state index in [1.165, 1.54) is 17.0 Å². The van der Waals surface area contributed by atoms with E-state index in [2.05, 4.69) is 9.97 Å². The fraction of sp³-hybridized carbons (Fsp3) is 0.238. The zero-order valence-electron chi connectivity index (χ0n) is 15.9. The average Bonchev–Trinajstić information content (AvgIpc) is 2.72. The Bertz CT molecular complexity index is 1080. The molecule has 0 aliphatic heterocycles. The lowest BCUT2D eigenvalue weighted by Gasteiger charge is -2.17. The van der Waals surface area contributed by atoms with Crippen LogP contribution >= 0.6 is 0 Å². The van der Waals surface area contributed by atoms with E-state index in [1.807, 2.05) is 0 Å². The number of carbonyl (C=O) groups is 2. The molecule has 150 valence electrons. The van der Waals surface area contributed by atoms with Crippen LogP contribution < -0.4 is 5.56 Å². The minimum Gasteiger partial charge on any atom is -0.456 e. The summed E-state index contributed by atoms with van der Waals surface area (Å²) >= 11 is 0. The summed E-state index contributed by atoms with van der Waals surface area (Å²) in [7, 11) is 1.57. The molecule has 0 spiro atoms. The van der Waals surface area contributed by atoms with Gasteiger partial charge in [-0.2, -0.15) is 0 Å². The van der Waals surface area contributed by atoms with Crippen LogP contribution in [0.3, 0.4) is 0 Å². The zero-order chi connectivity index (χ0) is 20.8. The highest BCUT2D eigenvalue weighted by Crippen LogP contribution is 2.08. The number of ether oxygens (including phenoxy) is 1. The van der Waals surface area contributed by atoms with Gasteiger partial charge in [-0.15, -0.1) is 0 Å². The molecule has 0 fully saturated rings. The van der Waals surface area contributed by atoms with Crippen molar-refractivity contribution in [3.05, 3.63) is 76.1 Å². The first-order chi connectivity index (χ1) is 13.9. The lowest BCUT2D eigenvalue weighted by molar-refractivity contribution is -0.151. The van der Waals surface area contributed by atoms with Crippen molar-refractivity contribution < 1.29 is 18.7 Å². The van der Waals surface area contributed by atoms with E-state index in [-0.39, 0.29) is 36.7 Å². The predicted octanol–water partition coefficient (Wildman–Crippen LogP) is 2.20. The van der Waals surface area contributed by atoms with Crippen molar-refractivity contribution in [1.82, 2.24) is 14.9 Å². The van der Waals surface area contributed by atoms with Crippen LogP contribution in [0.15, 0.2) is 53.3 Å². The molecule has 7 nitrogen and oxygen atoms in total. The molecule has 1 aromatic heterocycles. The van der Waals surface area contributed by atoms with Crippen LogP contribution in [0.25, 0.3) is 10.9 Å². The van der Waals surface area contributed by atoms with Crippen LogP contribution in [-0.4, -0.2) is 40.4 Å². The van der Waals surface area contributed by atoms with Crippen molar-refractivity contribution in [3.63, 3.8) is 0 Å². The van der Waals surface area contributed by atoms with Gasteiger partial charge in [-0.25, -0.2) is 9.37 Å². The molecular formula is C21H20FN3O4. The van der Waals surface area contributed by atoms with Gasteiger partial charge in [-0.1, -0.05) is 24.3 Å². The normalized spacial score (nSPS) is 10.7. The third-order valence-electron chi connectivity index (χ3n) is 4.34. The van der Waals surface area contributed by atoms with E-state index in [0.29, 0.717) is 16.7 Å². The molecule has 0 atom stereocenters. The molecule has 0 radical (unpaired) electrons. The fourth-order valence-corrected chi connectivity index (χ4v) is 2.75. The quantitative estimate of drug-likeness (QED) is 0.617. The third kappa shape index (κ3) is 5.47. The Hall–Kier alpha value is -3.55. The van der Waals surface area contributed by atoms with Gasteiger partial charge in [0.1, 0.15) is 11.6 Å².